The molecule has 0 spiro atoms. The van der Waals surface area contributed by atoms with Crippen molar-refractivity contribution in [2.45, 2.75) is 31.3 Å². The number of benzene rings is 1. The van der Waals surface area contributed by atoms with Crippen LogP contribution in [-0.4, -0.2) is 47.6 Å². The summed E-state index contributed by atoms with van der Waals surface area (Å²) in [6.07, 6.45) is -2.70. The maximum Gasteiger partial charge on any atom is 0.331 e. The molecule has 0 amide bonds. The Morgan fingerprint density at radius 3 is 2.48 bits per heavy atom. The molecule has 0 unspecified atom stereocenters. The lowest BCUT2D eigenvalue weighted by Crippen LogP contribution is -2.37. The quantitative estimate of drug-likeness (QED) is 0.334. The average molecular weight is 322 g/mol. The van der Waals surface area contributed by atoms with Crippen LogP contribution in [0.1, 0.15) is 18.6 Å². The van der Waals surface area contributed by atoms with E-state index in [0.717, 1.165) is 11.6 Å². The minimum atomic E-state index is -1.45. The van der Waals surface area contributed by atoms with E-state index in [-0.39, 0.29) is 11.9 Å². The molecule has 0 saturated carbocycles. The molecule has 0 aromatic heterocycles. The lowest BCUT2D eigenvalue weighted by Gasteiger charge is -2.22. The average Bonchev–Trinajstić information content (AvgIpc) is 3.30. The van der Waals surface area contributed by atoms with E-state index in [9.17, 15) is 14.7 Å². The Balaban J connectivity index is 2.18. The van der Waals surface area contributed by atoms with Crippen LogP contribution in [0.2, 0.25) is 0 Å². The van der Waals surface area contributed by atoms with E-state index in [0.29, 0.717) is 0 Å². The first-order valence-electron chi connectivity index (χ1n) is 6.98. The summed E-state index contributed by atoms with van der Waals surface area (Å²) in [4.78, 5) is 22.1. The number of carbonyl (C=O) groups excluding carboxylic acids is 1. The molecular formula is C16H18O7. The first kappa shape index (κ1) is 17.0. The fourth-order valence-corrected chi connectivity index (χ4v) is 2.34. The maximum absolute atomic E-state index is 11.3. The number of hydrogen-bond acceptors (Lipinski definition) is 6. The molecule has 0 bridgehead atoms. The van der Waals surface area contributed by atoms with Crippen molar-refractivity contribution in [3.05, 3.63) is 47.7 Å². The van der Waals surface area contributed by atoms with Crippen LogP contribution in [-0.2, 0) is 23.8 Å². The van der Waals surface area contributed by atoms with Crippen molar-refractivity contribution < 1.29 is 34.0 Å². The molecule has 7 heteroatoms. The minimum absolute atomic E-state index is 0.217. The van der Waals surface area contributed by atoms with Crippen LogP contribution < -0.4 is 0 Å². The number of hydrogen-bond donors (Lipinski definition) is 2. The van der Waals surface area contributed by atoms with Gasteiger partial charge in [-0.1, -0.05) is 30.3 Å². The summed E-state index contributed by atoms with van der Waals surface area (Å²) in [5.41, 5.74) is 0.878. The molecule has 7 nitrogen and oxygen atoms in total. The molecule has 124 valence electrons. The molecule has 2 rings (SSSR count). The minimum Gasteiger partial charge on any atom is -0.498 e. The highest BCUT2D eigenvalue weighted by Crippen LogP contribution is 2.43. The molecule has 1 aliphatic heterocycles. The summed E-state index contributed by atoms with van der Waals surface area (Å²) >= 11 is 0. The third kappa shape index (κ3) is 4.30. The second kappa shape index (κ2) is 7.26. The standard InChI is InChI=1S/C16H18O7/c1-9(17)22-15(13(20)11(21-2)8-12(18)19)16-14(23-16)10-6-4-3-5-7-10/h3-8,13-16,20H,1-2H3,(H,18,19)/t13-,14-,15-,16+/m1/s1. The number of ether oxygens (including phenoxy) is 3. The predicted molar refractivity (Wildman–Crippen MR) is 78.3 cm³/mol. The SMILES string of the molecule is COC(=CC(=O)O)[C@@H](O)[C@@H](OC(C)=O)[C@H]1O[C@@H]1c1ccccc1. The zero-order valence-corrected chi connectivity index (χ0v) is 12.7. The summed E-state index contributed by atoms with van der Waals surface area (Å²) in [5.74, 6) is -2.10. The van der Waals surface area contributed by atoms with Crippen LogP contribution in [0.25, 0.3) is 0 Å². The third-order valence-electron chi connectivity index (χ3n) is 3.38. The van der Waals surface area contributed by atoms with Crippen LogP contribution in [0.4, 0.5) is 0 Å². The summed E-state index contributed by atoms with van der Waals surface area (Å²) in [7, 11) is 1.23. The number of carboxylic acid groups (broad SMARTS) is 1. The molecule has 1 heterocycles. The maximum atomic E-state index is 11.3. The second-order valence-corrected chi connectivity index (χ2v) is 5.04. The Kier molecular flexibility index (Phi) is 5.36. The van der Waals surface area contributed by atoms with Crippen molar-refractivity contribution in [2.24, 2.45) is 0 Å². The first-order valence-corrected chi connectivity index (χ1v) is 6.98. The highest BCUT2D eigenvalue weighted by Gasteiger charge is 2.51. The van der Waals surface area contributed by atoms with Crippen molar-refractivity contribution in [1.82, 2.24) is 0 Å². The van der Waals surface area contributed by atoms with Crippen LogP contribution in [0.5, 0.6) is 0 Å². The van der Waals surface area contributed by atoms with Crippen LogP contribution in [0.3, 0.4) is 0 Å². The molecule has 1 saturated heterocycles. The predicted octanol–water partition coefficient (Wildman–Crippen LogP) is 1.03. The van der Waals surface area contributed by atoms with Crippen LogP contribution in [0, 0.1) is 0 Å². The fourth-order valence-electron chi connectivity index (χ4n) is 2.34. The monoisotopic (exact) mass is 322 g/mol. The second-order valence-electron chi connectivity index (χ2n) is 5.04. The largest absolute Gasteiger partial charge is 0.498 e. The summed E-state index contributed by atoms with van der Waals surface area (Å²) in [5, 5.41) is 19.1. The number of carboxylic acids is 1. The van der Waals surface area contributed by atoms with E-state index >= 15 is 0 Å². The van der Waals surface area contributed by atoms with Gasteiger partial charge in [0.1, 0.15) is 18.0 Å². The van der Waals surface area contributed by atoms with E-state index in [1.807, 2.05) is 30.3 Å². The van der Waals surface area contributed by atoms with E-state index < -0.39 is 30.3 Å². The Bertz CT molecular complexity index is 596. The Morgan fingerprint density at radius 2 is 1.96 bits per heavy atom. The Morgan fingerprint density at radius 1 is 1.30 bits per heavy atom. The summed E-state index contributed by atoms with van der Waals surface area (Å²) in [6.45, 7) is 1.20. The molecular weight excluding hydrogens is 304 g/mol. The molecule has 2 N–H and O–H groups in total. The summed E-state index contributed by atoms with van der Waals surface area (Å²) in [6, 6.07) is 9.25. The topological polar surface area (TPSA) is 106 Å². The van der Waals surface area contributed by atoms with E-state index in [1.54, 1.807) is 0 Å². The van der Waals surface area contributed by atoms with Gasteiger partial charge in [-0.2, -0.15) is 0 Å². The molecule has 0 aliphatic carbocycles. The van der Waals surface area contributed by atoms with Gasteiger partial charge in [-0.05, 0) is 5.56 Å². The summed E-state index contributed by atoms with van der Waals surface area (Å²) < 4.78 is 15.5. The van der Waals surface area contributed by atoms with Gasteiger partial charge in [-0.25, -0.2) is 4.79 Å². The Labute approximate surface area is 133 Å². The van der Waals surface area contributed by atoms with Gasteiger partial charge < -0.3 is 24.4 Å². The zero-order chi connectivity index (χ0) is 17.0. The van der Waals surface area contributed by atoms with Gasteiger partial charge in [0.25, 0.3) is 0 Å². The number of rotatable bonds is 7. The van der Waals surface area contributed by atoms with Gasteiger partial charge >= 0.3 is 11.9 Å². The van der Waals surface area contributed by atoms with Gasteiger partial charge in [0.15, 0.2) is 12.2 Å². The molecule has 0 radical (unpaired) electrons. The van der Waals surface area contributed by atoms with Gasteiger partial charge in [-0.15, -0.1) is 0 Å². The van der Waals surface area contributed by atoms with E-state index in [4.69, 9.17) is 19.3 Å². The molecule has 1 aliphatic rings. The number of methoxy groups -OCH3 is 1. The van der Waals surface area contributed by atoms with Gasteiger partial charge in [0.2, 0.25) is 0 Å². The van der Waals surface area contributed by atoms with Gasteiger partial charge in [0, 0.05) is 6.92 Å². The van der Waals surface area contributed by atoms with Gasteiger partial charge in [-0.3, -0.25) is 4.79 Å². The van der Waals surface area contributed by atoms with E-state index in [1.165, 1.54) is 14.0 Å². The van der Waals surface area contributed by atoms with Gasteiger partial charge in [0.05, 0.1) is 13.2 Å². The van der Waals surface area contributed by atoms with Crippen LogP contribution >= 0.6 is 0 Å². The van der Waals surface area contributed by atoms with Crippen molar-refractivity contribution in [3.8, 4) is 0 Å². The Hall–Kier alpha value is -2.38. The molecule has 1 fully saturated rings. The van der Waals surface area contributed by atoms with Crippen molar-refractivity contribution in [1.29, 1.82) is 0 Å². The highest BCUT2D eigenvalue weighted by molar-refractivity contribution is 5.80. The molecule has 1 aromatic carbocycles. The number of aliphatic carboxylic acids is 1. The third-order valence-corrected chi connectivity index (χ3v) is 3.38. The number of esters is 1. The fraction of sp³-hybridized carbons (Fsp3) is 0.375. The van der Waals surface area contributed by atoms with Crippen LogP contribution in [0.15, 0.2) is 42.2 Å². The van der Waals surface area contributed by atoms with Crippen molar-refractivity contribution >= 4 is 11.9 Å². The molecule has 23 heavy (non-hydrogen) atoms. The van der Waals surface area contributed by atoms with Crippen molar-refractivity contribution in [3.63, 3.8) is 0 Å². The number of aliphatic hydroxyl groups is 1. The van der Waals surface area contributed by atoms with E-state index in [2.05, 4.69) is 0 Å². The first-order chi connectivity index (χ1) is 10.9. The molecule has 4 atom stereocenters. The number of carbonyl (C=O) groups is 2. The zero-order valence-electron chi connectivity index (χ0n) is 12.7. The highest BCUT2D eigenvalue weighted by atomic mass is 16.6. The molecule has 1 aromatic rings. The van der Waals surface area contributed by atoms with Crippen molar-refractivity contribution in [2.75, 3.05) is 7.11 Å². The number of epoxide rings is 1. The lowest BCUT2D eigenvalue weighted by atomic mass is 10.0. The smallest absolute Gasteiger partial charge is 0.331 e. The lowest BCUT2D eigenvalue weighted by molar-refractivity contribution is -0.153. The number of aliphatic hydroxyl groups excluding tert-OH is 1. The normalized spacial score (nSPS) is 22.8.